The summed E-state index contributed by atoms with van der Waals surface area (Å²) in [5, 5.41) is 0.466. The first-order valence-corrected chi connectivity index (χ1v) is 11.8. The number of aryl methyl sites for hydroxylation is 2. The number of fused-ring (bicyclic) bond motifs is 2. The molecule has 1 aromatic carbocycles. The molecule has 0 aliphatic carbocycles. The molecular weight excluding hydrogens is 471 g/mol. The van der Waals surface area contributed by atoms with Gasteiger partial charge in [0.25, 0.3) is 11.5 Å². The van der Waals surface area contributed by atoms with Crippen LogP contribution in [0, 0.1) is 6.92 Å². The molecule has 5 rings (SSSR count). The molecule has 7 nitrogen and oxygen atoms in total. The van der Waals surface area contributed by atoms with E-state index in [1.165, 1.54) is 10.6 Å². The number of hydrogen-bond acceptors (Lipinski definition) is 3. The van der Waals surface area contributed by atoms with E-state index >= 15 is 0 Å². The van der Waals surface area contributed by atoms with Gasteiger partial charge in [0, 0.05) is 42.4 Å². The standard InChI is InChI=1S/C26H26F3N5O2/c1-5-31-13-20(19-10-18(26(27,28)29)6-7-21(19)31)17(4)34-16(3)12-33-23(25(34)36)9-8-22(24(33)35)32-11-15(2)30-14-32/h6-11,13-14,16-17H,5,12H2,1-4H3/t16-,17-/m1/s1. The first-order valence-electron chi connectivity index (χ1n) is 11.8. The second-order valence-corrected chi connectivity index (χ2v) is 9.28. The van der Waals surface area contributed by atoms with Gasteiger partial charge in [-0.05, 0) is 63.6 Å². The van der Waals surface area contributed by atoms with E-state index in [0.717, 1.165) is 17.8 Å². The van der Waals surface area contributed by atoms with Gasteiger partial charge in [0.1, 0.15) is 11.4 Å². The van der Waals surface area contributed by atoms with Crippen LogP contribution in [0.5, 0.6) is 0 Å². The van der Waals surface area contributed by atoms with Crippen LogP contribution in [0.3, 0.4) is 0 Å². The summed E-state index contributed by atoms with van der Waals surface area (Å²) in [6.45, 7) is 8.25. The van der Waals surface area contributed by atoms with Crippen molar-refractivity contribution in [2.75, 3.05) is 0 Å². The zero-order valence-corrected chi connectivity index (χ0v) is 20.4. The van der Waals surface area contributed by atoms with Gasteiger partial charge in [-0.3, -0.25) is 9.59 Å². The van der Waals surface area contributed by atoms with Crippen LogP contribution in [0.25, 0.3) is 16.6 Å². The maximum absolute atomic E-state index is 13.6. The minimum absolute atomic E-state index is 0.251. The van der Waals surface area contributed by atoms with Gasteiger partial charge in [0.2, 0.25) is 0 Å². The van der Waals surface area contributed by atoms with Crippen molar-refractivity contribution in [2.45, 2.75) is 59.0 Å². The van der Waals surface area contributed by atoms with Crippen molar-refractivity contribution >= 4 is 16.8 Å². The first-order chi connectivity index (χ1) is 17.0. The number of amides is 1. The van der Waals surface area contributed by atoms with Gasteiger partial charge < -0.3 is 18.6 Å². The average molecular weight is 498 g/mol. The van der Waals surface area contributed by atoms with Crippen molar-refractivity contribution in [1.82, 2.24) is 23.6 Å². The number of alkyl halides is 3. The van der Waals surface area contributed by atoms with Gasteiger partial charge in [0.15, 0.2) is 0 Å². The lowest BCUT2D eigenvalue weighted by molar-refractivity contribution is -0.137. The van der Waals surface area contributed by atoms with Crippen molar-refractivity contribution in [3.05, 3.63) is 81.9 Å². The molecule has 1 aliphatic heterocycles. The van der Waals surface area contributed by atoms with Gasteiger partial charge in [-0.2, -0.15) is 13.2 Å². The monoisotopic (exact) mass is 497 g/mol. The lowest BCUT2D eigenvalue weighted by Gasteiger charge is -2.39. The number of carbonyl (C=O) groups excluding carboxylic acids is 1. The minimum atomic E-state index is -4.47. The Balaban J connectivity index is 1.57. The summed E-state index contributed by atoms with van der Waals surface area (Å²) in [6.07, 6.45) is 0.648. The largest absolute Gasteiger partial charge is 0.416 e. The van der Waals surface area contributed by atoms with Crippen LogP contribution in [0.4, 0.5) is 13.2 Å². The Morgan fingerprint density at radius 3 is 2.53 bits per heavy atom. The molecule has 4 heterocycles. The van der Waals surface area contributed by atoms with E-state index in [2.05, 4.69) is 4.98 Å². The van der Waals surface area contributed by atoms with Crippen LogP contribution in [0.2, 0.25) is 0 Å². The lowest BCUT2D eigenvalue weighted by Crippen LogP contribution is -2.50. The molecule has 0 spiro atoms. The van der Waals surface area contributed by atoms with E-state index in [1.807, 2.05) is 38.5 Å². The summed E-state index contributed by atoms with van der Waals surface area (Å²) >= 11 is 0. The number of halogens is 3. The van der Waals surface area contributed by atoms with Crippen LogP contribution < -0.4 is 5.56 Å². The van der Waals surface area contributed by atoms with Crippen LogP contribution in [-0.4, -0.2) is 35.5 Å². The summed E-state index contributed by atoms with van der Waals surface area (Å²) in [5.74, 6) is -0.337. The predicted molar refractivity (Wildman–Crippen MR) is 129 cm³/mol. The van der Waals surface area contributed by atoms with Crippen LogP contribution >= 0.6 is 0 Å². The quantitative estimate of drug-likeness (QED) is 0.401. The second kappa shape index (κ2) is 8.39. The molecule has 10 heteroatoms. The van der Waals surface area contributed by atoms with Gasteiger partial charge in [-0.15, -0.1) is 0 Å². The highest BCUT2D eigenvalue weighted by Gasteiger charge is 2.36. The van der Waals surface area contributed by atoms with E-state index in [1.54, 1.807) is 34.1 Å². The predicted octanol–water partition coefficient (Wildman–Crippen LogP) is 4.94. The molecule has 188 valence electrons. The van der Waals surface area contributed by atoms with Gasteiger partial charge in [-0.25, -0.2) is 4.98 Å². The zero-order valence-electron chi connectivity index (χ0n) is 20.4. The lowest BCUT2D eigenvalue weighted by atomic mass is 10.0. The summed E-state index contributed by atoms with van der Waals surface area (Å²) in [4.78, 5) is 32.7. The molecule has 0 bridgehead atoms. The van der Waals surface area contributed by atoms with E-state index < -0.39 is 17.8 Å². The SMILES string of the molecule is CCn1cc([C@@H](C)N2C(=O)c3ccc(-n4cnc(C)c4)c(=O)n3C[C@H]2C)c2cc(C(F)(F)F)ccc21. The molecule has 36 heavy (non-hydrogen) atoms. The molecule has 0 fully saturated rings. The van der Waals surface area contributed by atoms with Gasteiger partial charge in [-0.1, -0.05) is 0 Å². The van der Waals surface area contributed by atoms with E-state index in [4.69, 9.17) is 0 Å². The molecule has 2 atom stereocenters. The normalized spacial score (nSPS) is 17.0. The maximum Gasteiger partial charge on any atom is 0.416 e. The molecule has 1 aliphatic rings. The Bertz CT molecular complexity index is 1550. The molecular formula is C26H26F3N5O2. The average Bonchev–Trinajstić information content (AvgIpc) is 3.42. The van der Waals surface area contributed by atoms with Crippen molar-refractivity contribution in [3.8, 4) is 5.69 Å². The Labute approximate surface area is 205 Å². The first kappa shape index (κ1) is 23.9. The molecule has 4 aromatic rings. The number of imidazole rings is 1. The molecule has 1 amide bonds. The number of carbonyl (C=O) groups is 1. The fraction of sp³-hybridized carbons (Fsp3) is 0.346. The number of rotatable bonds is 4. The van der Waals surface area contributed by atoms with E-state index in [-0.39, 0.29) is 29.7 Å². The van der Waals surface area contributed by atoms with Crippen LogP contribution in [-0.2, 0) is 19.3 Å². The molecule has 0 N–H and O–H groups in total. The van der Waals surface area contributed by atoms with E-state index in [9.17, 15) is 22.8 Å². The van der Waals surface area contributed by atoms with Crippen LogP contribution in [0.15, 0.2) is 53.8 Å². The van der Waals surface area contributed by atoms with Crippen molar-refractivity contribution in [3.63, 3.8) is 0 Å². The number of benzene rings is 1. The summed E-state index contributed by atoms with van der Waals surface area (Å²) in [7, 11) is 0. The molecule has 3 aromatic heterocycles. The second-order valence-electron chi connectivity index (χ2n) is 9.28. The Morgan fingerprint density at radius 1 is 1.14 bits per heavy atom. The van der Waals surface area contributed by atoms with Crippen LogP contribution in [0.1, 0.15) is 54.1 Å². The van der Waals surface area contributed by atoms with Crippen molar-refractivity contribution in [2.24, 2.45) is 0 Å². The minimum Gasteiger partial charge on any atom is -0.347 e. The molecule has 0 saturated carbocycles. The fourth-order valence-electron chi connectivity index (χ4n) is 5.17. The Hall–Kier alpha value is -3.82. The third-order valence-corrected chi connectivity index (χ3v) is 6.97. The highest BCUT2D eigenvalue weighted by molar-refractivity contribution is 5.94. The molecule has 0 unspecified atom stereocenters. The number of hydrogen-bond donors (Lipinski definition) is 0. The third-order valence-electron chi connectivity index (χ3n) is 6.97. The number of aromatic nitrogens is 4. The Kier molecular flexibility index (Phi) is 5.57. The van der Waals surface area contributed by atoms with E-state index in [0.29, 0.717) is 28.7 Å². The highest BCUT2D eigenvalue weighted by atomic mass is 19.4. The van der Waals surface area contributed by atoms with Gasteiger partial charge in [0.05, 0.1) is 23.6 Å². The third kappa shape index (κ3) is 3.71. The van der Waals surface area contributed by atoms with Gasteiger partial charge >= 0.3 is 6.18 Å². The molecule has 0 radical (unpaired) electrons. The maximum atomic E-state index is 13.6. The molecule has 0 saturated heterocycles. The number of pyridine rings is 1. The smallest absolute Gasteiger partial charge is 0.347 e. The summed E-state index contributed by atoms with van der Waals surface area (Å²) < 4.78 is 45.4. The Morgan fingerprint density at radius 2 is 1.89 bits per heavy atom. The highest BCUT2D eigenvalue weighted by Crippen LogP contribution is 2.37. The topological polar surface area (TPSA) is 65.1 Å². The van der Waals surface area contributed by atoms with Crippen molar-refractivity contribution < 1.29 is 18.0 Å². The summed E-state index contributed by atoms with van der Waals surface area (Å²) in [5.41, 5.74) is 1.71. The number of nitrogens with zero attached hydrogens (tertiary/aromatic N) is 5. The van der Waals surface area contributed by atoms with Crippen molar-refractivity contribution in [1.29, 1.82) is 0 Å². The fourth-order valence-corrected chi connectivity index (χ4v) is 5.17. The summed E-state index contributed by atoms with van der Waals surface area (Å²) in [6, 6.07) is 6.08. The zero-order chi connectivity index (χ0) is 25.9.